The number of halogens is 1. The van der Waals surface area contributed by atoms with Crippen LogP contribution in [0.2, 0.25) is 0 Å². The lowest BCUT2D eigenvalue weighted by Gasteiger charge is -2.37. The second-order valence-corrected chi connectivity index (χ2v) is 5.80. The van der Waals surface area contributed by atoms with Gasteiger partial charge in [-0.05, 0) is 37.0 Å². The van der Waals surface area contributed by atoms with E-state index in [0.29, 0.717) is 31.6 Å². The molecule has 1 aliphatic rings. The third-order valence-electron chi connectivity index (χ3n) is 4.27. The molecule has 0 aliphatic carbocycles. The van der Waals surface area contributed by atoms with Crippen LogP contribution in [-0.4, -0.2) is 33.8 Å². The minimum Gasteiger partial charge on any atom is -0.465 e. The number of benzene rings is 1. The zero-order valence-corrected chi connectivity index (χ0v) is 12.4. The molecule has 2 N–H and O–H groups in total. The summed E-state index contributed by atoms with van der Waals surface area (Å²) >= 11 is 0. The molecule has 1 aliphatic heterocycles. The normalized spacial score (nSPS) is 21.3. The Morgan fingerprint density at radius 1 is 1.43 bits per heavy atom. The van der Waals surface area contributed by atoms with E-state index in [2.05, 4.69) is 5.16 Å². The van der Waals surface area contributed by atoms with Gasteiger partial charge in [-0.1, -0.05) is 12.1 Å². The summed E-state index contributed by atoms with van der Waals surface area (Å²) in [6.07, 6.45) is 0.561. The Kier molecular flexibility index (Phi) is 4.18. The zero-order chi connectivity index (χ0) is 16.4. The van der Waals surface area contributed by atoms with Crippen molar-refractivity contribution in [1.29, 1.82) is 0 Å². The fourth-order valence-electron chi connectivity index (χ4n) is 3.19. The first-order chi connectivity index (χ1) is 11.0. The van der Waals surface area contributed by atoms with Crippen LogP contribution in [0.15, 0.2) is 39.6 Å². The minimum atomic E-state index is -0.986. The maximum absolute atomic E-state index is 13.3. The molecule has 0 spiro atoms. The lowest BCUT2D eigenvalue weighted by molar-refractivity contribution is 0.0968. The molecular formula is C16H17FN2O4. The third-order valence-corrected chi connectivity index (χ3v) is 4.27. The molecule has 6 nitrogen and oxygen atoms in total. The van der Waals surface area contributed by atoms with Gasteiger partial charge in [0.15, 0.2) is 0 Å². The first kappa shape index (κ1) is 15.3. The Bertz CT molecular complexity index is 754. The van der Waals surface area contributed by atoms with Crippen LogP contribution in [0.1, 0.15) is 30.1 Å². The van der Waals surface area contributed by atoms with Gasteiger partial charge < -0.3 is 14.5 Å². The average molecular weight is 320 g/mol. The molecule has 1 aromatic heterocycles. The fourth-order valence-corrected chi connectivity index (χ4v) is 3.19. The number of amides is 1. The number of hydrogen-bond donors (Lipinski definition) is 2. The Labute approximate surface area is 131 Å². The lowest BCUT2D eigenvalue weighted by Crippen LogP contribution is -2.46. The van der Waals surface area contributed by atoms with Gasteiger partial charge in [-0.3, -0.25) is 4.79 Å². The molecule has 3 rings (SSSR count). The number of nitrogens with one attached hydrogen (secondary N) is 1. The minimum absolute atomic E-state index is 0.0249. The summed E-state index contributed by atoms with van der Waals surface area (Å²) in [7, 11) is 0. The highest BCUT2D eigenvalue weighted by atomic mass is 19.1. The van der Waals surface area contributed by atoms with Crippen LogP contribution in [-0.2, 0) is 6.42 Å². The van der Waals surface area contributed by atoms with Gasteiger partial charge in [0.2, 0.25) is 0 Å². The summed E-state index contributed by atoms with van der Waals surface area (Å²) in [6, 6.07) is 7.29. The SMILES string of the molecule is O=C(O)N1CC[C@@H](c2cc(=O)[nH]o2)C[C@@H]1Cc1cccc(F)c1. The first-order valence-corrected chi connectivity index (χ1v) is 7.45. The molecule has 2 atom stereocenters. The lowest BCUT2D eigenvalue weighted by atomic mass is 9.86. The predicted molar refractivity (Wildman–Crippen MR) is 79.9 cm³/mol. The number of aromatic nitrogens is 1. The molecule has 0 radical (unpaired) electrons. The smallest absolute Gasteiger partial charge is 0.407 e. The van der Waals surface area contributed by atoms with Crippen molar-refractivity contribution in [1.82, 2.24) is 10.1 Å². The summed E-state index contributed by atoms with van der Waals surface area (Å²) in [5, 5.41) is 11.6. The Morgan fingerprint density at radius 2 is 2.26 bits per heavy atom. The highest BCUT2D eigenvalue weighted by molar-refractivity contribution is 5.65. The van der Waals surface area contributed by atoms with Crippen molar-refractivity contribution < 1.29 is 18.8 Å². The van der Waals surface area contributed by atoms with Crippen molar-refractivity contribution in [2.75, 3.05) is 6.54 Å². The van der Waals surface area contributed by atoms with Crippen LogP contribution in [0, 0.1) is 5.82 Å². The molecule has 2 aromatic rings. The van der Waals surface area contributed by atoms with Crippen molar-refractivity contribution in [3.05, 3.63) is 57.8 Å². The number of carbonyl (C=O) groups is 1. The van der Waals surface area contributed by atoms with Gasteiger partial charge in [-0.15, -0.1) is 0 Å². The Hall–Kier alpha value is -2.57. The number of piperidine rings is 1. The molecule has 7 heteroatoms. The van der Waals surface area contributed by atoms with Gasteiger partial charge in [-0.2, -0.15) is 5.16 Å². The molecule has 23 heavy (non-hydrogen) atoms. The van der Waals surface area contributed by atoms with E-state index in [1.807, 2.05) is 0 Å². The predicted octanol–water partition coefficient (Wildman–Crippen LogP) is 2.58. The molecule has 0 saturated carbocycles. The van der Waals surface area contributed by atoms with E-state index in [1.165, 1.54) is 23.1 Å². The zero-order valence-electron chi connectivity index (χ0n) is 12.4. The van der Waals surface area contributed by atoms with E-state index in [-0.39, 0.29) is 23.3 Å². The summed E-state index contributed by atoms with van der Waals surface area (Å²) in [4.78, 5) is 24.0. The van der Waals surface area contributed by atoms with E-state index in [1.54, 1.807) is 12.1 Å². The van der Waals surface area contributed by atoms with Crippen molar-refractivity contribution in [2.24, 2.45) is 0 Å². The third kappa shape index (κ3) is 3.44. The second kappa shape index (κ2) is 6.28. The number of hydrogen-bond acceptors (Lipinski definition) is 3. The number of nitrogens with zero attached hydrogens (tertiary/aromatic N) is 1. The molecule has 1 amide bonds. The second-order valence-electron chi connectivity index (χ2n) is 5.80. The molecular weight excluding hydrogens is 303 g/mol. The molecule has 1 saturated heterocycles. The van der Waals surface area contributed by atoms with Gasteiger partial charge in [0, 0.05) is 24.6 Å². The van der Waals surface area contributed by atoms with Gasteiger partial charge in [-0.25, -0.2) is 9.18 Å². The summed E-state index contributed by atoms with van der Waals surface area (Å²) in [5.74, 6) is 0.181. The van der Waals surface area contributed by atoms with E-state index in [0.717, 1.165) is 5.56 Å². The topological polar surface area (TPSA) is 86.5 Å². The number of likely N-dealkylation sites (tertiary alicyclic amines) is 1. The van der Waals surface area contributed by atoms with Gasteiger partial charge >= 0.3 is 6.09 Å². The van der Waals surface area contributed by atoms with Crippen LogP contribution in [0.3, 0.4) is 0 Å². The maximum atomic E-state index is 13.3. The standard InChI is InChI=1S/C16H17FN2O4/c17-12-3-1-2-10(6-12)7-13-8-11(4-5-19(13)16(21)22)14-9-15(20)18-23-14/h1-3,6,9,11,13H,4-5,7-8H2,(H,18,20)(H,21,22)/t11-,13+/m1/s1. The van der Waals surface area contributed by atoms with Crippen LogP contribution in [0.25, 0.3) is 0 Å². The number of carboxylic acid groups (broad SMARTS) is 1. The molecule has 1 fully saturated rings. The molecule has 1 aromatic carbocycles. The molecule has 0 unspecified atom stereocenters. The summed E-state index contributed by atoms with van der Waals surface area (Å²) in [5.41, 5.74) is 0.444. The number of aromatic amines is 1. The van der Waals surface area contributed by atoms with E-state index < -0.39 is 6.09 Å². The van der Waals surface area contributed by atoms with Crippen molar-refractivity contribution in [2.45, 2.75) is 31.2 Å². The van der Waals surface area contributed by atoms with Crippen molar-refractivity contribution >= 4 is 6.09 Å². The maximum Gasteiger partial charge on any atom is 0.407 e. The molecule has 0 bridgehead atoms. The fraction of sp³-hybridized carbons (Fsp3) is 0.375. The van der Waals surface area contributed by atoms with Crippen LogP contribution >= 0.6 is 0 Å². The number of rotatable bonds is 3. The van der Waals surface area contributed by atoms with E-state index >= 15 is 0 Å². The average Bonchev–Trinajstić information content (AvgIpc) is 2.93. The number of H-pyrrole nitrogens is 1. The molecule has 2 heterocycles. The van der Waals surface area contributed by atoms with Gasteiger partial charge in [0.25, 0.3) is 5.56 Å². The summed E-state index contributed by atoms with van der Waals surface area (Å²) in [6.45, 7) is 0.356. The van der Waals surface area contributed by atoms with Crippen molar-refractivity contribution in [3.8, 4) is 0 Å². The Balaban J connectivity index is 1.80. The first-order valence-electron chi connectivity index (χ1n) is 7.45. The van der Waals surface area contributed by atoms with Crippen LogP contribution < -0.4 is 5.56 Å². The molecule has 122 valence electrons. The van der Waals surface area contributed by atoms with Crippen molar-refractivity contribution in [3.63, 3.8) is 0 Å². The monoisotopic (exact) mass is 320 g/mol. The largest absolute Gasteiger partial charge is 0.465 e. The highest BCUT2D eigenvalue weighted by Crippen LogP contribution is 2.32. The van der Waals surface area contributed by atoms with Gasteiger partial charge in [0.1, 0.15) is 11.6 Å². The van der Waals surface area contributed by atoms with Crippen LogP contribution in [0.5, 0.6) is 0 Å². The summed E-state index contributed by atoms with van der Waals surface area (Å²) < 4.78 is 18.5. The highest BCUT2D eigenvalue weighted by Gasteiger charge is 2.33. The van der Waals surface area contributed by atoms with Gasteiger partial charge in [0.05, 0.1) is 0 Å². The van der Waals surface area contributed by atoms with Crippen LogP contribution in [0.4, 0.5) is 9.18 Å². The van der Waals surface area contributed by atoms with E-state index in [4.69, 9.17) is 4.52 Å². The van der Waals surface area contributed by atoms with E-state index in [9.17, 15) is 19.1 Å². The quantitative estimate of drug-likeness (QED) is 0.910. The Morgan fingerprint density at radius 3 is 2.91 bits per heavy atom.